The van der Waals surface area contributed by atoms with E-state index in [4.69, 9.17) is 4.74 Å². The van der Waals surface area contributed by atoms with E-state index in [1.54, 1.807) is 0 Å². The van der Waals surface area contributed by atoms with Gasteiger partial charge >= 0.3 is 0 Å². The van der Waals surface area contributed by atoms with Crippen LogP contribution in [-0.2, 0) is 4.74 Å². The number of hydrogen-bond acceptors (Lipinski definition) is 3. The first-order valence-corrected chi connectivity index (χ1v) is 10.8. The lowest BCUT2D eigenvalue weighted by Gasteiger charge is -2.29. The zero-order valence-electron chi connectivity index (χ0n) is 16.7. The Morgan fingerprint density at radius 1 is 1.22 bits per heavy atom. The van der Waals surface area contributed by atoms with Crippen LogP contribution in [0.2, 0.25) is 0 Å². The van der Waals surface area contributed by atoms with Crippen LogP contribution in [0.15, 0.2) is 18.2 Å². The third-order valence-electron chi connectivity index (χ3n) is 7.92. The van der Waals surface area contributed by atoms with Gasteiger partial charge in [0.1, 0.15) is 0 Å². The second kappa shape index (κ2) is 6.59. The number of likely N-dealkylation sites (tertiary alicyclic amines) is 1. The van der Waals surface area contributed by atoms with E-state index in [0.717, 1.165) is 24.7 Å². The van der Waals surface area contributed by atoms with E-state index in [0.29, 0.717) is 17.9 Å². The van der Waals surface area contributed by atoms with Gasteiger partial charge in [-0.2, -0.15) is 0 Å². The fourth-order valence-corrected chi connectivity index (χ4v) is 6.24. The summed E-state index contributed by atoms with van der Waals surface area (Å²) in [5.41, 5.74) is 3.26. The van der Waals surface area contributed by atoms with Crippen molar-refractivity contribution in [2.45, 2.75) is 70.1 Å². The summed E-state index contributed by atoms with van der Waals surface area (Å²) in [5.74, 6) is 1.12. The van der Waals surface area contributed by atoms with Crippen molar-refractivity contribution in [3.8, 4) is 0 Å². The van der Waals surface area contributed by atoms with E-state index in [1.807, 2.05) is 18.2 Å². The molecule has 0 aromatic heterocycles. The third-order valence-corrected chi connectivity index (χ3v) is 7.92. The van der Waals surface area contributed by atoms with Gasteiger partial charge in [0.2, 0.25) is 0 Å². The number of ether oxygens (including phenoxy) is 1. The van der Waals surface area contributed by atoms with Crippen LogP contribution in [0.1, 0.15) is 60.0 Å². The van der Waals surface area contributed by atoms with Crippen molar-refractivity contribution >= 4 is 5.91 Å². The molecule has 1 saturated carbocycles. The van der Waals surface area contributed by atoms with Crippen molar-refractivity contribution in [2.75, 3.05) is 19.6 Å². The standard InChI is InChI=1S/C23H32N2O2/c1-15-7-8-17(11-16(15)2)22(26)24-12-19-20-13-25(18-5-3-4-6-18)14-23(20)10-9-21(19)27-23/h7-8,11,18-21H,3-6,9-10,12-14H2,1-2H3,(H,24,26)/t19-,20+,21+,23+/m0/s1. The molecule has 2 bridgehead atoms. The van der Waals surface area contributed by atoms with Crippen LogP contribution in [0.5, 0.6) is 0 Å². The van der Waals surface area contributed by atoms with Gasteiger partial charge in [0.05, 0.1) is 11.7 Å². The van der Waals surface area contributed by atoms with Crippen LogP contribution in [0.25, 0.3) is 0 Å². The highest BCUT2D eigenvalue weighted by Crippen LogP contribution is 2.55. The molecule has 146 valence electrons. The molecule has 1 aromatic carbocycles. The van der Waals surface area contributed by atoms with Crippen molar-refractivity contribution in [2.24, 2.45) is 11.8 Å². The average molecular weight is 369 g/mol. The van der Waals surface area contributed by atoms with Crippen LogP contribution in [-0.4, -0.2) is 48.2 Å². The van der Waals surface area contributed by atoms with Gasteiger partial charge in [-0.1, -0.05) is 18.9 Å². The van der Waals surface area contributed by atoms with E-state index in [2.05, 4.69) is 24.1 Å². The molecule has 0 unspecified atom stereocenters. The first-order chi connectivity index (χ1) is 13.1. The number of nitrogens with one attached hydrogen (secondary N) is 1. The average Bonchev–Trinajstić information content (AvgIpc) is 3.42. The highest BCUT2D eigenvalue weighted by atomic mass is 16.5. The van der Waals surface area contributed by atoms with Crippen LogP contribution >= 0.6 is 0 Å². The number of hydrogen-bond donors (Lipinski definition) is 1. The van der Waals surface area contributed by atoms with E-state index < -0.39 is 0 Å². The second-order valence-electron chi connectivity index (χ2n) is 9.41. The molecule has 4 heteroatoms. The maximum atomic E-state index is 12.7. The van der Waals surface area contributed by atoms with Gasteiger partial charge in [-0.25, -0.2) is 0 Å². The summed E-state index contributed by atoms with van der Waals surface area (Å²) >= 11 is 0. The normalized spacial score (nSPS) is 35.7. The Labute approximate surface area is 162 Å². The summed E-state index contributed by atoms with van der Waals surface area (Å²) in [4.78, 5) is 15.4. The van der Waals surface area contributed by atoms with Gasteiger partial charge in [-0.05, 0) is 62.8 Å². The second-order valence-corrected chi connectivity index (χ2v) is 9.41. The number of nitrogens with zero attached hydrogens (tertiary/aromatic N) is 1. The number of carbonyl (C=O) groups excluding carboxylic acids is 1. The van der Waals surface area contributed by atoms with Crippen LogP contribution in [0.4, 0.5) is 0 Å². The molecule has 27 heavy (non-hydrogen) atoms. The smallest absolute Gasteiger partial charge is 0.251 e. The maximum absolute atomic E-state index is 12.7. The molecule has 1 aromatic rings. The number of benzene rings is 1. The predicted molar refractivity (Wildman–Crippen MR) is 106 cm³/mol. The van der Waals surface area contributed by atoms with Crippen LogP contribution in [0, 0.1) is 25.7 Å². The molecule has 4 nitrogen and oxygen atoms in total. The lowest BCUT2D eigenvalue weighted by atomic mass is 9.73. The number of aryl methyl sites for hydroxylation is 2. The molecule has 0 radical (unpaired) electrons. The van der Waals surface area contributed by atoms with Crippen molar-refractivity contribution in [1.82, 2.24) is 10.2 Å². The third kappa shape index (κ3) is 2.92. The van der Waals surface area contributed by atoms with E-state index in [-0.39, 0.29) is 11.5 Å². The molecule has 1 spiro atoms. The Hall–Kier alpha value is -1.39. The largest absolute Gasteiger partial charge is 0.370 e. The molecule has 1 aliphatic carbocycles. The first-order valence-electron chi connectivity index (χ1n) is 10.8. The Kier molecular flexibility index (Phi) is 4.32. The molecule has 3 heterocycles. The summed E-state index contributed by atoms with van der Waals surface area (Å²) in [6.45, 7) is 7.20. The Morgan fingerprint density at radius 3 is 2.81 bits per heavy atom. The van der Waals surface area contributed by atoms with Crippen molar-refractivity contribution in [3.05, 3.63) is 34.9 Å². The van der Waals surface area contributed by atoms with Gasteiger partial charge in [-0.15, -0.1) is 0 Å². The van der Waals surface area contributed by atoms with Crippen LogP contribution in [0.3, 0.4) is 0 Å². The lowest BCUT2D eigenvalue weighted by molar-refractivity contribution is -0.000874. The highest BCUT2D eigenvalue weighted by Gasteiger charge is 2.63. The molecule has 3 aliphatic heterocycles. The van der Waals surface area contributed by atoms with Gasteiger partial charge < -0.3 is 10.1 Å². The quantitative estimate of drug-likeness (QED) is 0.885. The zero-order valence-corrected chi connectivity index (χ0v) is 16.7. The minimum absolute atomic E-state index is 0.0561. The number of carbonyl (C=O) groups is 1. The Bertz CT molecular complexity index is 742. The number of fused-ring (bicyclic) bond motifs is 1. The monoisotopic (exact) mass is 368 g/mol. The molecule has 3 saturated heterocycles. The van der Waals surface area contributed by atoms with E-state index >= 15 is 0 Å². The fraction of sp³-hybridized carbons (Fsp3) is 0.696. The van der Waals surface area contributed by atoms with Gasteiger partial charge in [0.25, 0.3) is 5.91 Å². The maximum Gasteiger partial charge on any atom is 0.251 e. The molecule has 1 amide bonds. The summed E-state index contributed by atoms with van der Waals surface area (Å²) in [7, 11) is 0. The summed E-state index contributed by atoms with van der Waals surface area (Å²) in [6.07, 6.45) is 8.23. The Balaban J connectivity index is 1.25. The van der Waals surface area contributed by atoms with Gasteiger partial charge in [-0.3, -0.25) is 9.69 Å². The zero-order chi connectivity index (χ0) is 18.6. The van der Waals surface area contributed by atoms with E-state index in [9.17, 15) is 4.79 Å². The summed E-state index contributed by atoms with van der Waals surface area (Å²) in [5, 5.41) is 3.23. The molecule has 4 atom stereocenters. The summed E-state index contributed by atoms with van der Waals surface area (Å²) in [6, 6.07) is 6.75. The first kappa shape index (κ1) is 17.7. The van der Waals surface area contributed by atoms with Crippen molar-refractivity contribution in [3.63, 3.8) is 0 Å². The topological polar surface area (TPSA) is 41.6 Å². The molecule has 4 fully saturated rings. The highest BCUT2D eigenvalue weighted by molar-refractivity contribution is 5.94. The summed E-state index contributed by atoms with van der Waals surface area (Å²) < 4.78 is 6.57. The predicted octanol–water partition coefficient (Wildman–Crippen LogP) is 3.46. The van der Waals surface area contributed by atoms with Crippen LogP contribution < -0.4 is 5.32 Å². The molecule has 5 rings (SSSR count). The number of amides is 1. The van der Waals surface area contributed by atoms with Crippen molar-refractivity contribution in [1.29, 1.82) is 0 Å². The van der Waals surface area contributed by atoms with Crippen molar-refractivity contribution < 1.29 is 9.53 Å². The van der Waals surface area contributed by atoms with E-state index in [1.165, 1.54) is 56.2 Å². The molecular formula is C23H32N2O2. The minimum Gasteiger partial charge on any atom is -0.370 e. The molecule has 1 N–H and O–H groups in total. The Morgan fingerprint density at radius 2 is 2.04 bits per heavy atom. The minimum atomic E-state index is 0.0561. The fourth-order valence-electron chi connectivity index (χ4n) is 6.24. The number of rotatable bonds is 4. The van der Waals surface area contributed by atoms with Gasteiger partial charge in [0, 0.05) is 43.1 Å². The SMILES string of the molecule is Cc1ccc(C(=O)NC[C@H]2[C@H]3CN(C4CCCC4)C[C@]34CC[C@H]2O4)cc1C. The van der Waals surface area contributed by atoms with Gasteiger partial charge in [0.15, 0.2) is 0 Å². The molecule has 4 aliphatic rings. The molecular weight excluding hydrogens is 336 g/mol. The lowest BCUT2D eigenvalue weighted by Crippen LogP contribution is -2.41.